The van der Waals surface area contributed by atoms with Gasteiger partial charge in [0.25, 0.3) is 0 Å². The third-order valence-electron chi connectivity index (χ3n) is 5.24. The van der Waals surface area contributed by atoms with Crippen LogP contribution in [0.15, 0.2) is 66.9 Å². The predicted molar refractivity (Wildman–Crippen MR) is 113 cm³/mol. The molecule has 0 aliphatic carbocycles. The Kier molecular flexibility index (Phi) is 4.44. The van der Waals surface area contributed by atoms with Crippen LogP contribution in [0.2, 0.25) is 0 Å². The van der Waals surface area contributed by atoms with E-state index in [-0.39, 0.29) is 5.92 Å². The molecule has 2 aromatic carbocycles. The first-order valence-electron chi connectivity index (χ1n) is 9.41. The van der Waals surface area contributed by atoms with Crippen LogP contribution in [-0.2, 0) is 0 Å². The Morgan fingerprint density at radius 1 is 0.889 bits per heavy atom. The number of nitrogens with one attached hydrogen (secondary N) is 1. The molecule has 3 nitrogen and oxygen atoms in total. The van der Waals surface area contributed by atoms with Gasteiger partial charge in [-0.25, -0.2) is 4.98 Å². The van der Waals surface area contributed by atoms with Gasteiger partial charge in [-0.1, -0.05) is 55.5 Å². The number of hydrogen-bond acceptors (Lipinski definition) is 2. The highest BCUT2D eigenvalue weighted by Gasteiger charge is 2.20. The van der Waals surface area contributed by atoms with Crippen molar-refractivity contribution in [3.8, 4) is 0 Å². The molecule has 0 saturated heterocycles. The van der Waals surface area contributed by atoms with E-state index in [1.807, 2.05) is 0 Å². The molecule has 1 unspecified atom stereocenters. The summed E-state index contributed by atoms with van der Waals surface area (Å²) in [5, 5.41) is 3.70. The summed E-state index contributed by atoms with van der Waals surface area (Å²) in [6, 6.07) is 21.2. The number of para-hydroxylation sites is 1. The highest BCUT2D eigenvalue weighted by Crippen LogP contribution is 2.34. The molecule has 0 spiro atoms. The summed E-state index contributed by atoms with van der Waals surface area (Å²) in [6.07, 6.45) is 2.11. The topological polar surface area (TPSA) is 29.3 Å². The lowest BCUT2D eigenvalue weighted by molar-refractivity contribution is 0.888. The maximum atomic E-state index is 5.01. The van der Waals surface area contributed by atoms with Gasteiger partial charge in [0.2, 0.25) is 0 Å². The lowest BCUT2D eigenvalue weighted by Gasteiger charge is -2.16. The zero-order valence-electron chi connectivity index (χ0n) is 16.3. The van der Waals surface area contributed by atoms with Gasteiger partial charge >= 0.3 is 0 Å². The molecular formula is C24H25N3. The van der Waals surface area contributed by atoms with Crippen molar-refractivity contribution in [2.75, 3.05) is 5.32 Å². The molecule has 1 N–H and O–H groups in total. The number of pyridine rings is 1. The third kappa shape index (κ3) is 3.21. The average molecular weight is 355 g/mol. The zero-order valence-corrected chi connectivity index (χ0v) is 16.3. The summed E-state index contributed by atoms with van der Waals surface area (Å²) in [4.78, 5) is 5.01. The molecule has 0 radical (unpaired) electrons. The number of rotatable bonds is 4. The molecule has 2 aromatic heterocycles. The van der Waals surface area contributed by atoms with Crippen molar-refractivity contribution in [2.45, 2.75) is 33.6 Å². The number of benzene rings is 2. The Balaban J connectivity index is 1.89. The van der Waals surface area contributed by atoms with Crippen molar-refractivity contribution >= 4 is 17.2 Å². The Morgan fingerprint density at radius 2 is 1.59 bits per heavy atom. The molecule has 0 bridgehead atoms. The SMILES string of the molecule is Cc1ccn2c(Nc3c(C)cccc3C)c(C(C)c3ccccc3)nc2c1. The average Bonchev–Trinajstić information content (AvgIpc) is 3.02. The van der Waals surface area contributed by atoms with Crippen LogP contribution in [0, 0.1) is 20.8 Å². The van der Waals surface area contributed by atoms with E-state index in [4.69, 9.17) is 4.98 Å². The quantitative estimate of drug-likeness (QED) is 0.475. The van der Waals surface area contributed by atoms with Gasteiger partial charge in [-0.3, -0.25) is 4.40 Å². The van der Waals surface area contributed by atoms with Gasteiger partial charge in [0.05, 0.1) is 5.69 Å². The minimum Gasteiger partial charge on any atom is -0.339 e. The summed E-state index contributed by atoms with van der Waals surface area (Å²) in [6.45, 7) is 8.61. The molecule has 4 aromatic rings. The van der Waals surface area contributed by atoms with Gasteiger partial charge in [0.1, 0.15) is 11.5 Å². The number of aryl methyl sites for hydroxylation is 3. The number of hydrogen-bond donors (Lipinski definition) is 1. The Bertz CT molecular complexity index is 1070. The molecule has 0 fully saturated rings. The second kappa shape index (κ2) is 6.92. The van der Waals surface area contributed by atoms with Gasteiger partial charge in [0.15, 0.2) is 0 Å². The Labute approximate surface area is 160 Å². The minimum absolute atomic E-state index is 0.193. The molecular weight excluding hydrogens is 330 g/mol. The van der Waals surface area contributed by atoms with Crippen LogP contribution in [0.1, 0.15) is 40.8 Å². The largest absolute Gasteiger partial charge is 0.339 e. The molecule has 0 aliphatic heterocycles. The van der Waals surface area contributed by atoms with E-state index in [0.29, 0.717) is 0 Å². The smallest absolute Gasteiger partial charge is 0.139 e. The molecule has 27 heavy (non-hydrogen) atoms. The van der Waals surface area contributed by atoms with Gasteiger partial charge in [-0.2, -0.15) is 0 Å². The molecule has 0 aliphatic rings. The zero-order chi connectivity index (χ0) is 19.0. The van der Waals surface area contributed by atoms with Crippen LogP contribution in [0.25, 0.3) is 5.65 Å². The number of imidazole rings is 1. The summed E-state index contributed by atoms with van der Waals surface area (Å²) < 4.78 is 2.16. The molecule has 136 valence electrons. The molecule has 1 atom stereocenters. The highest BCUT2D eigenvalue weighted by atomic mass is 15.1. The van der Waals surface area contributed by atoms with Gasteiger partial charge in [-0.05, 0) is 55.2 Å². The fraction of sp³-hybridized carbons (Fsp3) is 0.208. The van der Waals surface area contributed by atoms with Crippen LogP contribution in [0.4, 0.5) is 11.5 Å². The first-order chi connectivity index (χ1) is 13.0. The van der Waals surface area contributed by atoms with E-state index in [9.17, 15) is 0 Å². The molecule has 0 saturated carbocycles. The van der Waals surface area contributed by atoms with E-state index >= 15 is 0 Å². The summed E-state index contributed by atoms with van der Waals surface area (Å²) in [7, 11) is 0. The van der Waals surface area contributed by atoms with Gasteiger partial charge in [-0.15, -0.1) is 0 Å². The van der Waals surface area contributed by atoms with Crippen molar-refractivity contribution in [3.63, 3.8) is 0 Å². The van der Waals surface area contributed by atoms with Crippen molar-refractivity contribution < 1.29 is 0 Å². The highest BCUT2D eigenvalue weighted by molar-refractivity contribution is 5.70. The second-order valence-electron chi connectivity index (χ2n) is 7.30. The number of nitrogens with zero attached hydrogens (tertiary/aromatic N) is 2. The maximum Gasteiger partial charge on any atom is 0.139 e. The number of fused-ring (bicyclic) bond motifs is 1. The summed E-state index contributed by atoms with van der Waals surface area (Å²) >= 11 is 0. The van der Waals surface area contributed by atoms with Crippen molar-refractivity contribution in [3.05, 3.63) is 94.8 Å². The second-order valence-corrected chi connectivity index (χ2v) is 7.30. The minimum atomic E-state index is 0.193. The van der Waals surface area contributed by atoms with E-state index < -0.39 is 0 Å². The van der Waals surface area contributed by atoms with Gasteiger partial charge in [0, 0.05) is 17.8 Å². The standard InChI is InChI=1S/C24H25N3/c1-16-13-14-27-21(15-16)25-23(19(4)20-11-6-5-7-12-20)24(27)26-22-17(2)9-8-10-18(22)3/h5-15,19,26H,1-4H3. The van der Waals surface area contributed by atoms with Crippen LogP contribution >= 0.6 is 0 Å². The summed E-state index contributed by atoms with van der Waals surface area (Å²) in [5.74, 6) is 1.23. The molecule has 4 rings (SSSR count). The third-order valence-corrected chi connectivity index (χ3v) is 5.24. The Morgan fingerprint density at radius 3 is 2.30 bits per heavy atom. The number of aromatic nitrogens is 2. The number of anilines is 2. The predicted octanol–water partition coefficient (Wildman–Crippen LogP) is 6.15. The van der Waals surface area contributed by atoms with E-state index in [1.54, 1.807) is 0 Å². The van der Waals surface area contributed by atoms with E-state index in [1.165, 1.54) is 22.3 Å². The first kappa shape index (κ1) is 17.3. The normalized spacial score (nSPS) is 12.3. The molecule has 2 heterocycles. The van der Waals surface area contributed by atoms with Crippen molar-refractivity contribution in [2.24, 2.45) is 0 Å². The molecule has 0 amide bonds. The lowest BCUT2D eigenvalue weighted by atomic mass is 9.97. The van der Waals surface area contributed by atoms with Crippen molar-refractivity contribution in [1.29, 1.82) is 0 Å². The van der Waals surface area contributed by atoms with Crippen LogP contribution < -0.4 is 5.32 Å². The van der Waals surface area contributed by atoms with E-state index in [2.05, 4.69) is 104 Å². The Hall–Kier alpha value is -3.07. The van der Waals surface area contributed by atoms with E-state index in [0.717, 1.165) is 22.8 Å². The molecule has 3 heteroatoms. The summed E-state index contributed by atoms with van der Waals surface area (Å²) in [5.41, 5.74) is 8.13. The lowest BCUT2D eigenvalue weighted by Crippen LogP contribution is -2.05. The van der Waals surface area contributed by atoms with Crippen LogP contribution in [0.3, 0.4) is 0 Å². The van der Waals surface area contributed by atoms with Crippen LogP contribution in [0.5, 0.6) is 0 Å². The monoisotopic (exact) mass is 355 g/mol. The fourth-order valence-corrected chi connectivity index (χ4v) is 3.62. The first-order valence-corrected chi connectivity index (χ1v) is 9.41. The van der Waals surface area contributed by atoms with Gasteiger partial charge < -0.3 is 5.32 Å². The van der Waals surface area contributed by atoms with Crippen molar-refractivity contribution in [1.82, 2.24) is 9.38 Å². The maximum absolute atomic E-state index is 5.01. The fourth-order valence-electron chi connectivity index (χ4n) is 3.62. The van der Waals surface area contributed by atoms with Crippen LogP contribution in [-0.4, -0.2) is 9.38 Å².